The molecule has 1 aromatic heterocycles. The van der Waals surface area contributed by atoms with Crippen molar-refractivity contribution in [3.8, 4) is 5.75 Å². The van der Waals surface area contributed by atoms with Crippen LogP contribution in [-0.4, -0.2) is 24.7 Å². The van der Waals surface area contributed by atoms with E-state index in [1.54, 1.807) is 7.11 Å². The van der Waals surface area contributed by atoms with Gasteiger partial charge in [0, 0.05) is 35.3 Å². The van der Waals surface area contributed by atoms with Gasteiger partial charge < -0.3 is 15.8 Å². The molecule has 0 radical (unpaired) electrons. The van der Waals surface area contributed by atoms with Crippen LogP contribution in [-0.2, 0) is 0 Å². The van der Waals surface area contributed by atoms with E-state index in [0.717, 1.165) is 42.0 Å². The fraction of sp³-hybridized carbons (Fsp3) is 0.571. The van der Waals surface area contributed by atoms with Crippen LogP contribution >= 0.6 is 0 Å². The summed E-state index contributed by atoms with van der Waals surface area (Å²) in [6, 6.07) is 6.67. The topological polar surface area (TPSA) is 60.2 Å². The highest BCUT2D eigenvalue weighted by Crippen LogP contribution is 2.38. The Hall–Kier alpha value is -1.81. The molecule has 2 aromatic rings. The lowest BCUT2D eigenvalue weighted by Gasteiger charge is -2.19. The van der Waals surface area contributed by atoms with Gasteiger partial charge in [-0.15, -0.1) is 0 Å². The first-order chi connectivity index (χ1) is 11.8. The zero-order valence-electron chi connectivity index (χ0n) is 16.5. The van der Waals surface area contributed by atoms with Crippen molar-refractivity contribution in [2.45, 2.75) is 65.3 Å². The third-order valence-electron chi connectivity index (χ3n) is 4.54. The van der Waals surface area contributed by atoms with Gasteiger partial charge in [0.25, 0.3) is 0 Å². The van der Waals surface area contributed by atoms with Crippen LogP contribution in [0.15, 0.2) is 18.2 Å². The van der Waals surface area contributed by atoms with Crippen LogP contribution in [0.25, 0.3) is 10.9 Å². The summed E-state index contributed by atoms with van der Waals surface area (Å²) in [4.78, 5) is 4.96. The molecular formula is C21H33N3O. The van der Waals surface area contributed by atoms with Crippen molar-refractivity contribution < 1.29 is 4.74 Å². The molecule has 3 N–H and O–H groups in total. The van der Waals surface area contributed by atoms with E-state index < -0.39 is 0 Å². The second kappa shape index (κ2) is 8.52. The fourth-order valence-electron chi connectivity index (χ4n) is 3.17. The van der Waals surface area contributed by atoms with E-state index in [4.69, 9.17) is 15.5 Å². The first-order valence-electron chi connectivity index (χ1n) is 9.36. The maximum atomic E-state index is 5.85. The molecule has 1 unspecified atom stereocenters. The number of hydrogen-bond donors (Lipinski definition) is 2. The van der Waals surface area contributed by atoms with Crippen molar-refractivity contribution in [3.05, 3.63) is 29.5 Å². The van der Waals surface area contributed by atoms with E-state index >= 15 is 0 Å². The number of hydrogen-bond acceptors (Lipinski definition) is 4. The molecule has 0 aliphatic heterocycles. The summed E-state index contributed by atoms with van der Waals surface area (Å²) in [6.45, 7) is 11.7. The molecule has 0 aliphatic carbocycles. The van der Waals surface area contributed by atoms with Gasteiger partial charge in [-0.25, -0.2) is 0 Å². The molecule has 0 amide bonds. The molecule has 1 heterocycles. The molecule has 4 nitrogen and oxygen atoms in total. The van der Waals surface area contributed by atoms with E-state index in [9.17, 15) is 0 Å². The number of fused-ring (bicyclic) bond motifs is 1. The quantitative estimate of drug-likeness (QED) is 0.660. The Morgan fingerprint density at radius 3 is 2.40 bits per heavy atom. The highest BCUT2D eigenvalue weighted by Gasteiger charge is 2.17. The van der Waals surface area contributed by atoms with E-state index in [-0.39, 0.29) is 6.04 Å². The Kier molecular flexibility index (Phi) is 6.65. The molecule has 0 fully saturated rings. The summed E-state index contributed by atoms with van der Waals surface area (Å²) in [6.07, 6.45) is 2.05. The molecule has 2 rings (SSSR count). The summed E-state index contributed by atoms with van der Waals surface area (Å²) < 4.78 is 5.69. The smallest absolute Gasteiger partial charge is 0.125 e. The Labute approximate surface area is 152 Å². The monoisotopic (exact) mass is 343 g/mol. The molecule has 1 aromatic carbocycles. The van der Waals surface area contributed by atoms with E-state index in [0.29, 0.717) is 11.8 Å². The van der Waals surface area contributed by atoms with Crippen LogP contribution in [0.1, 0.15) is 70.6 Å². The number of benzene rings is 1. The predicted octanol–water partition coefficient (Wildman–Crippen LogP) is 5.03. The third kappa shape index (κ3) is 4.63. The summed E-state index contributed by atoms with van der Waals surface area (Å²) in [5.41, 5.74) is 10.3. The Balaban J connectivity index is 2.50. The minimum Gasteiger partial charge on any atom is -0.496 e. The highest BCUT2D eigenvalue weighted by atomic mass is 16.5. The average molecular weight is 344 g/mol. The Morgan fingerprint density at radius 2 is 1.84 bits per heavy atom. The van der Waals surface area contributed by atoms with Crippen molar-refractivity contribution in [2.75, 3.05) is 19.0 Å². The molecule has 0 bridgehead atoms. The van der Waals surface area contributed by atoms with Crippen LogP contribution < -0.4 is 15.8 Å². The standard InChI is InChI=1S/C21H33N3O/c1-13(2)17-10-9-16-20(14(3)4)19(25-6)12-18(21(16)24-17)23-11-7-8-15(5)22/h9-10,12-15,23H,7-8,11,22H2,1-6H3. The van der Waals surface area contributed by atoms with E-state index in [2.05, 4.69) is 51.2 Å². The van der Waals surface area contributed by atoms with Gasteiger partial charge in [-0.05, 0) is 37.7 Å². The zero-order valence-corrected chi connectivity index (χ0v) is 16.5. The van der Waals surface area contributed by atoms with Crippen molar-refractivity contribution >= 4 is 16.6 Å². The van der Waals surface area contributed by atoms with Gasteiger partial charge in [-0.3, -0.25) is 4.98 Å². The van der Waals surface area contributed by atoms with Crippen molar-refractivity contribution in [3.63, 3.8) is 0 Å². The van der Waals surface area contributed by atoms with Crippen LogP contribution in [0, 0.1) is 0 Å². The fourth-order valence-corrected chi connectivity index (χ4v) is 3.17. The van der Waals surface area contributed by atoms with Gasteiger partial charge in [0.15, 0.2) is 0 Å². The lowest BCUT2D eigenvalue weighted by Crippen LogP contribution is -2.16. The molecule has 138 valence electrons. The summed E-state index contributed by atoms with van der Waals surface area (Å²) in [5, 5.41) is 4.73. The normalized spacial score (nSPS) is 12.8. The number of anilines is 1. The molecule has 0 aliphatic rings. The van der Waals surface area contributed by atoms with Gasteiger partial charge in [-0.1, -0.05) is 33.8 Å². The SMILES string of the molecule is COc1cc(NCCCC(C)N)c2nc(C(C)C)ccc2c1C(C)C. The van der Waals surface area contributed by atoms with E-state index in [1.807, 2.05) is 6.92 Å². The molecule has 25 heavy (non-hydrogen) atoms. The molecule has 4 heteroatoms. The molecule has 1 atom stereocenters. The third-order valence-corrected chi connectivity index (χ3v) is 4.54. The minimum atomic E-state index is 0.238. The number of rotatable bonds is 8. The Morgan fingerprint density at radius 1 is 1.12 bits per heavy atom. The molecule has 0 spiro atoms. The second-order valence-electron chi connectivity index (χ2n) is 7.53. The zero-order chi connectivity index (χ0) is 18.6. The first kappa shape index (κ1) is 19.5. The summed E-state index contributed by atoms with van der Waals surface area (Å²) in [5.74, 6) is 1.70. The van der Waals surface area contributed by atoms with Gasteiger partial charge >= 0.3 is 0 Å². The number of nitrogens with zero attached hydrogens (tertiary/aromatic N) is 1. The molecule has 0 saturated carbocycles. The lowest BCUT2D eigenvalue weighted by atomic mass is 9.95. The first-order valence-corrected chi connectivity index (χ1v) is 9.36. The predicted molar refractivity (Wildman–Crippen MR) is 108 cm³/mol. The number of ether oxygens (including phenoxy) is 1. The number of methoxy groups -OCH3 is 1. The van der Waals surface area contributed by atoms with Crippen molar-refractivity contribution in [1.29, 1.82) is 0 Å². The van der Waals surface area contributed by atoms with Gasteiger partial charge in [0.1, 0.15) is 5.75 Å². The molecular weight excluding hydrogens is 310 g/mol. The van der Waals surface area contributed by atoms with Gasteiger partial charge in [0.05, 0.1) is 18.3 Å². The number of pyridine rings is 1. The molecule has 0 saturated heterocycles. The van der Waals surface area contributed by atoms with Crippen LogP contribution in [0.2, 0.25) is 0 Å². The van der Waals surface area contributed by atoms with Crippen molar-refractivity contribution in [1.82, 2.24) is 4.98 Å². The van der Waals surface area contributed by atoms with Gasteiger partial charge in [-0.2, -0.15) is 0 Å². The average Bonchev–Trinajstić information content (AvgIpc) is 2.56. The van der Waals surface area contributed by atoms with Crippen LogP contribution in [0.4, 0.5) is 5.69 Å². The maximum absolute atomic E-state index is 5.85. The number of nitrogens with two attached hydrogens (primary N) is 1. The maximum Gasteiger partial charge on any atom is 0.125 e. The summed E-state index contributed by atoms with van der Waals surface area (Å²) in [7, 11) is 1.74. The minimum absolute atomic E-state index is 0.238. The van der Waals surface area contributed by atoms with Crippen molar-refractivity contribution in [2.24, 2.45) is 5.73 Å². The van der Waals surface area contributed by atoms with Crippen LogP contribution in [0.3, 0.4) is 0 Å². The second-order valence-corrected chi connectivity index (χ2v) is 7.53. The van der Waals surface area contributed by atoms with Crippen LogP contribution in [0.5, 0.6) is 5.75 Å². The van der Waals surface area contributed by atoms with E-state index in [1.165, 1.54) is 10.9 Å². The van der Waals surface area contributed by atoms with Gasteiger partial charge in [0.2, 0.25) is 0 Å². The highest BCUT2D eigenvalue weighted by molar-refractivity contribution is 5.95. The number of aromatic nitrogens is 1. The Bertz CT molecular complexity index is 708. The lowest BCUT2D eigenvalue weighted by molar-refractivity contribution is 0.408. The summed E-state index contributed by atoms with van der Waals surface area (Å²) >= 11 is 0. The number of nitrogens with one attached hydrogen (secondary N) is 1. The largest absolute Gasteiger partial charge is 0.496 e.